The maximum atomic E-state index is 13.9. The van der Waals surface area contributed by atoms with E-state index in [4.69, 9.17) is 36.6 Å². The van der Waals surface area contributed by atoms with Gasteiger partial charge in [-0.2, -0.15) is 5.10 Å². The van der Waals surface area contributed by atoms with Crippen molar-refractivity contribution >= 4 is 37.7 Å². The molecule has 0 radical (unpaired) electrons. The number of phosphoric acid groups is 1. The maximum Gasteiger partial charge on any atom is 0.481 e. The number of aromatic nitrogens is 3. The van der Waals surface area contributed by atoms with Crippen LogP contribution in [0.15, 0.2) is 31.1 Å². The van der Waals surface area contributed by atoms with Crippen molar-refractivity contribution in [2.45, 2.75) is 60.8 Å². The molecule has 10 N–H and O–H groups in total. The Morgan fingerprint density at radius 2 is 1.93 bits per heavy atom. The normalized spacial score (nSPS) is 37.3. The van der Waals surface area contributed by atoms with Gasteiger partial charge in [0.05, 0.1) is 18.9 Å². The number of nitrogens with two attached hydrogens (primary N) is 1. The molecule has 2 fully saturated rings. The number of phosphoric ester groups is 1. The van der Waals surface area contributed by atoms with Crippen molar-refractivity contribution < 1.29 is 72.2 Å². The van der Waals surface area contributed by atoms with Crippen LogP contribution in [-0.4, -0.2) is 123 Å². The Morgan fingerprint density at radius 3 is 2.57 bits per heavy atom. The summed E-state index contributed by atoms with van der Waals surface area (Å²) in [6, 6.07) is 3.04. The topological polar surface area (TPSA) is 281 Å². The molecule has 236 valence electrons. The quantitative estimate of drug-likeness (QED) is 0.0890. The molecule has 18 nitrogen and oxygen atoms in total. The number of halogens is 1. The largest absolute Gasteiger partial charge is 0.481 e. The highest BCUT2D eigenvalue weighted by Crippen LogP contribution is 2.62. The van der Waals surface area contributed by atoms with Crippen LogP contribution in [0, 0.1) is 0 Å². The van der Waals surface area contributed by atoms with Crippen LogP contribution in [0.4, 0.5) is 10.2 Å². The number of anilines is 1. The molecule has 0 aromatic carbocycles. The Balaban J connectivity index is 1.44. The SMILES string of the molecule is C=C[C@@]1(O)[C@H](O)[C@@H](COP(O)(=S)OP(=O)(O)OC2OC([C@@H](F)CO)C(O)C(O)C2O)O[C@H]1c1ccc2c(N)ncnn12. The summed E-state index contributed by atoms with van der Waals surface area (Å²) in [6.07, 6.45) is -15.3. The Kier molecular flexibility index (Phi) is 9.88. The molecule has 42 heavy (non-hydrogen) atoms. The predicted molar refractivity (Wildman–Crippen MR) is 139 cm³/mol. The minimum Gasteiger partial charge on any atom is -0.393 e. The summed E-state index contributed by atoms with van der Waals surface area (Å²) in [5.41, 5.74) is 4.30. The van der Waals surface area contributed by atoms with Gasteiger partial charge >= 0.3 is 14.5 Å². The van der Waals surface area contributed by atoms with Crippen LogP contribution in [-0.2, 0) is 39.2 Å². The van der Waals surface area contributed by atoms with Gasteiger partial charge in [0.25, 0.3) is 0 Å². The van der Waals surface area contributed by atoms with Gasteiger partial charge in [-0.3, -0.25) is 4.52 Å². The number of aliphatic hydroxyl groups excluding tert-OH is 5. The number of nitrogens with zero attached hydrogens (tertiary/aromatic N) is 3. The summed E-state index contributed by atoms with van der Waals surface area (Å²) in [5.74, 6) is 0.121. The van der Waals surface area contributed by atoms with Gasteiger partial charge in [0.1, 0.15) is 60.2 Å². The highest BCUT2D eigenvalue weighted by Gasteiger charge is 2.56. The molecule has 0 bridgehead atoms. The van der Waals surface area contributed by atoms with E-state index in [0.29, 0.717) is 5.52 Å². The van der Waals surface area contributed by atoms with E-state index in [-0.39, 0.29) is 11.5 Å². The van der Waals surface area contributed by atoms with Gasteiger partial charge in [0.15, 0.2) is 18.3 Å². The first kappa shape index (κ1) is 33.3. The fourth-order valence-corrected chi connectivity index (χ4v) is 7.58. The van der Waals surface area contributed by atoms with E-state index in [0.717, 1.165) is 12.4 Å². The first-order valence-electron chi connectivity index (χ1n) is 12.0. The van der Waals surface area contributed by atoms with Crippen molar-refractivity contribution in [2.75, 3.05) is 18.9 Å². The van der Waals surface area contributed by atoms with E-state index in [2.05, 4.69) is 25.5 Å². The molecule has 2 aromatic heterocycles. The van der Waals surface area contributed by atoms with Crippen LogP contribution in [0.1, 0.15) is 11.8 Å². The third kappa shape index (κ3) is 6.45. The number of hydrogen-bond donors (Lipinski definition) is 9. The summed E-state index contributed by atoms with van der Waals surface area (Å²) < 4.78 is 52.6. The van der Waals surface area contributed by atoms with Gasteiger partial charge in [0.2, 0.25) is 0 Å². The van der Waals surface area contributed by atoms with E-state index >= 15 is 0 Å². The molecular formula is C20H29FN4O14P2S. The van der Waals surface area contributed by atoms with Gasteiger partial charge < -0.3 is 60.2 Å². The number of ether oxygens (including phenoxy) is 2. The lowest BCUT2D eigenvalue weighted by atomic mass is 9.89. The van der Waals surface area contributed by atoms with Crippen molar-refractivity contribution in [1.29, 1.82) is 0 Å². The van der Waals surface area contributed by atoms with Crippen LogP contribution in [0.2, 0.25) is 0 Å². The third-order valence-corrected chi connectivity index (χ3v) is 10.2. The molecule has 0 aliphatic carbocycles. The molecule has 0 spiro atoms. The second-order valence-electron chi connectivity index (χ2n) is 9.35. The molecule has 7 unspecified atom stereocenters. The lowest BCUT2D eigenvalue weighted by Crippen LogP contribution is -2.60. The number of fused-ring (bicyclic) bond motifs is 1. The summed E-state index contributed by atoms with van der Waals surface area (Å²) in [4.78, 5) is 24.4. The zero-order chi connectivity index (χ0) is 31.2. The molecule has 22 heteroatoms. The molecule has 2 saturated heterocycles. The smallest absolute Gasteiger partial charge is 0.393 e. The van der Waals surface area contributed by atoms with Gasteiger partial charge in [-0.15, -0.1) is 6.58 Å². The molecule has 0 saturated carbocycles. The molecule has 4 rings (SSSR count). The van der Waals surface area contributed by atoms with E-state index in [9.17, 15) is 44.3 Å². The minimum atomic E-state index is -5.51. The second kappa shape index (κ2) is 12.4. The molecule has 12 atom stereocenters. The maximum absolute atomic E-state index is 13.9. The van der Waals surface area contributed by atoms with Gasteiger partial charge in [-0.05, 0) is 23.9 Å². The minimum absolute atomic E-state index is 0.121. The molecule has 2 aliphatic heterocycles. The van der Waals surface area contributed by atoms with Crippen molar-refractivity contribution in [3.8, 4) is 0 Å². The van der Waals surface area contributed by atoms with Crippen molar-refractivity contribution in [2.24, 2.45) is 0 Å². The Hall–Kier alpha value is -1.55. The van der Waals surface area contributed by atoms with E-state index in [1.807, 2.05) is 0 Å². The summed E-state index contributed by atoms with van der Waals surface area (Å²) in [7, 11) is -5.51. The Morgan fingerprint density at radius 1 is 1.24 bits per heavy atom. The monoisotopic (exact) mass is 662 g/mol. The Bertz CT molecular complexity index is 1390. The summed E-state index contributed by atoms with van der Waals surface area (Å²) >= 11 is 4.73. The molecule has 2 aromatic rings. The first-order valence-corrected chi connectivity index (χ1v) is 16.1. The lowest BCUT2D eigenvalue weighted by molar-refractivity contribution is -0.287. The van der Waals surface area contributed by atoms with Crippen molar-refractivity contribution in [3.63, 3.8) is 0 Å². The van der Waals surface area contributed by atoms with E-state index < -0.39 is 88.5 Å². The molecule has 2 aliphatic rings. The zero-order valence-electron chi connectivity index (χ0n) is 21.3. The third-order valence-electron chi connectivity index (χ3n) is 6.65. The van der Waals surface area contributed by atoms with Crippen LogP contribution < -0.4 is 5.73 Å². The van der Waals surface area contributed by atoms with E-state index in [1.54, 1.807) is 6.07 Å². The number of hydrogen-bond acceptors (Lipinski definition) is 16. The van der Waals surface area contributed by atoms with Gasteiger partial charge in [0, 0.05) is 0 Å². The average Bonchev–Trinajstić information content (AvgIpc) is 3.46. The predicted octanol–water partition coefficient (Wildman–Crippen LogP) is -2.47. The summed E-state index contributed by atoms with van der Waals surface area (Å²) in [5, 5.41) is 64.8. The molecule has 0 amide bonds. The average molecular weight is 662 g/mol. The molecule has 4 heterocycles. The highest BCUT2D eigenvalue weighted by molar-refractivity contribution is 8.08. The fraction of sp³-hybridized carbons (Fsp3) is 0.600. The van der Waals surface area contributed by atoms with Crippen LogP contribution in [0.5, 0.6) is 0 Å². The van der Waals surface area contributed by atoms with Crippen molar-refractivity contribution in [3.05, 3.63) is 36.8 Å². The lowest BCUT2D eigenvalue weighted by Gasteiger charge is -2.41. The van der Waals surface area contributed by atoms with Crippen LogP contribution in [0.25, 0.3) is 5.52 Å². The van der Waals surface area contributed by atoms with Crippen molar-refractivity contribution in [1.82, 2.24) is 14.6 Å². The Labute approximate surface area is 241 Å². The zero-order valence-corrected chi connectivity index (χ0v) is 23.9. The standard InChI is InChI=1S/C20H29FN4O14P2S/c1-2-20(31)16(30)11(36-17(20)9-3-4-10-18(22)23-7-24-25(9)10)6-35-41(34,42)39-40(32,33)38-19-14(29)12(27)13(28)15(37-19)8(21)5-26/h2-4,7-8,11-17,19,26-31H,1,5-6H2,(H,32,33)(H,34,42)(H2,22,23,24)/t8-,11+,12?,13?,14?,15?,16+,17-,19?,20+,41?/m0/s1. The fourth-order valence-electron chi connectivity index (χ4n) is 4.48. The summed E-state index contributed by atoms with van der Waals surface area (Å²) in [6.45, 7) is -3.18. The number of nitrogen functional groups attached to an aromatic ring is 1. The highest BCUT2D eigenvalue weighted by atomic mass is 32.5. The van der Waals surface area contributed by atoms with Gasteiger partial charge in [-0.25, -0.2) is 22.8 Å². The van der Waals surface area contributed by atoms with Crippen LogP contribution in [0.3, 0.4) is 0 Å². The second-order valence-corrected chi connectivity index (χ2v) is 13.7. The van der Waals surface area contributed by atoms with Gasteiger partial charge in [-0.1, -0.05) is 6.08 Å². The van der Waals surface area contributed by atoms with Crippen LogP contribution >= 0.6 is 14.5 Å². The van der Waals surface area contributed by atoms with E-state index in [1.165, 1.54) is 10.6 Å². The number of aliphatic hydroxyl groups is 6. The first-order chi connectivity index (χ1) is 19.5. The number of alkyl halides is 1. The molecular weight excluding hydrogens is 633 g/mol. The number of rotatable bonds is 11.